The molecule has 38 heavy (non-hydrogen) atoms. The van der Waals surface area contributed by atoms with Crippen LogP contribution in [0.15, 0.2) is 94.2 Å². The number of esters is 1. The van der Waals surface area contributed by atoms with E-state index in [1.165, 1.54) is 11.3 Å². The minimum absolute atomic E-state index is 0.0800. The van der Waals surface area contributed by atoms with Gasteiger partial charge in [-0.3, -0.25) is 9.36 Å². The third kappa shape index (κ3) is 4.73. The molecular formula is C31H28N2O4S. The van der Waals surface area contributed by atoms with Crippen molar-refractivity contribution in [1.29, 1.82) is 0 Å². The smallest absolute Gasteiger partial charge is 0.338 e. The van der Waals surface area contributed by atoms with Crippen LogP contribution in [0.3, 0.4) is 0 Å². The lowest BCUT2D eigenvalue weighted by Crippen LogP contribution is -2.40. The van der Waals surface area contributed by atoms with E-state index in [2.05, 4.69) is 13.8 Å². The van der Waals surface area contributed by atoms with Crippen LogP contribution in [-0.4, -0.2) is 22.2 Å². The highest BCUT2D eigenvalue weighted by Crippen LogP contribution is 2.35. The average molecular weight is 525 g/mol. The minimum Gasteiger partial charge on any atom is -0.507 e. The predicted molar refractivity (Wildman–Crippen MR) is 150 cm³/mol. The number of nitrogens with zero attached hydrogens (tertiary/aromatic N) is 2. The second-order valence-corrected chi connectivity index (χ2v) is 10.3. The molecule has 0 saturated heterocycles. The van der Waals surface area contributed by atoms with Crippen LogP contribution in [0.25, 0.3) is 11.8 Å². The molecular weight excluding hydrogens is 496 g/mol. The molecule has 7 heteroatoms. The van der Waals surface area contributed by atoms with Gasteiger partial charge in [0.1, 0.15) is 5.75 Å². The quantitative estimate of drug-likeness (QED) is 0.369. The average Bonchev–Trinajstić information content (AvgIpc) is 3.24. The summed E-state index contributed by atoms with van der Waals surface area (Å²) in [5.41, 5.74) is 3.75. The summed E-state index contributed by atoms with van der Waals surface area (Å²) in [6.07, 6.45) is 1.66. The molecule has 1 aromatic heterocycles. The Morgan fingerprint density at radius 1 is 1.05 bits per heavy atom. The zero-order valence-electron chi connectivity index (χ0n) is 21.4. The number of carbonyl (C=O) groups is 1. The number of phenols is 1. The van der Waals surface area contributed by atoms with Crippen molar-refractivity contribution in [3.05, 3.63) is 126 Å². The Kier molecular flexibility index (Phi) is 7.11. The third-order valence-corrected chi connectivity index (χ3v) is 7.50. The number of thiazole rings is 1. The maximum atomic E-state index is 13.9. The number of hydrogen-bond acceptors (Lipinski definition) is 6. The topological polar surface area (TPSA) is 80.9 Å². The van der Waals surface area contributed by atoms with Gasteiger partial charge in [-0.15, -0.1) is 0 Å². The van der Waals surface area contributed by atoms with Crippen molar-refractivity contribution in [3.8, 4) is 5.75 Å². The number of aromatic hydroxyl groups is 1. The van der Waals surface area contributed by atoms with Gasteiger partial charge in [-0.25, -0.2) is 9.79 Å². The van der Waals surface area contributed by atoms with Crippen molar-refractivity contribution in [3.63, 3.8) is 0 Å². The van der Waals surface area contributed by atoms with E-state index < -0.39 is 12.0 Å². The summed E-state index contributed by atoms with van der Waals surface area (Å²) < 4.78 is 7.49. The van der Waals surface area contributed by atoms with Crippen LogP contribution in [0, 0.1) is 0 Å². The number of fused-ring (bicyclic) bond motifs is 1. The predicted octanol–water partition coefficient (Wildman–Crippen LogP) is 4.76. The molecule has 192 valence electrons. The summed E-state index contributed by atoms with van der Waals surface area (Å²) in [4.78, 5) is 32.7. The number of rotatable bonds is 6. The van der Waals surface area contributed by atoms with E-state index in [0.29, 0.717) is 32.1 Å². The lowest BCUT2D eigenvalue weighted by atomic mass is 9.91. The number of carbonyl (C=O) groups excluding carboxylic acids is 1. The van der Waals surface area contributed by atoms with Crippen molar-refractivity contribution < 1.29 is 14.6 Å². The molecule has 0 fully saturated rings. The highest BCUT2D eigenvalue weighted by atomic mass is 32.1. The normalized spacial score (nSPS) is 15.4. The van der Waals surface area contributed by atoms with Gasteiger partial charge in [0.05, 0.1) is 28.5 Å². The van der Waals surface area contributed by atoms with E-state index in [1.54, 1.807) is 41.8 Å². The fourth-order valence-corrected chi connectivity index (χ4v) is 5.56. The highest BCUT2D eigenvalue weighted by molar-refractivity contribution is 7.07. The summed E-state index contributed by atoms with van der Waals surface area (Å²) >= 11 is 1.23. The Bertz CT molecular complexity index is 1700. The van der Waals surface area contributed by atoms with Crippen LogP contribution < -0.4 is 14.9 Å². The van der Waals surface area contributed by atoms with E-state index in [4.69, 9.17) is 9.73 Å². The monoisotopic (exact) mass is 524 g/mol. The SMILES string of the molecule is CCOC(=O)C1=C(c2ccccc2)N=c2s/c(=C/c3ccccc3O)c(=O)n2[C@@H]1c1ccc(C(C)C)cc1. The molecule has 1 aliphatic heterocycles. The minimum atomic E-state index is -0.728. The molecule has 4 aromatic rings. The Morgan fingerprint density at radius 3 is 2.39 bits per heavy atom. The number of para-hydroxylation sites is 1. The number of aromatic nitrogens is 1. The molecule has 5 rings (SSSR count). The molecule has 0 unspecified atom stereocenters. The van der Waals surface area contributed by atoms with Gasteiger partial charge in [0.15, 0.2) is 4.80 Å². The first-order chi connectivity index (χ1) is 18.4. The fraction of sp³-hybridized carbons (Fsp3) is 0.194. The van der Waals surface area contributed by atoms with E-state index in [0.717, 1.165) is 16.7 Å². The van der Waals surface area contributed by atoms with Gasteiger partial charge >= 0.3 is 5.97 Å². The summed E-state index contributed by atoms with van der Waals surface area (Å²) in [6, 6.07) is 23.6. The van der Waals surface area contributed by atoms with Crippen molar-refractivity contribution in [2.75, 3.05) is 6.61 Å². The zero-order valence-corrected chi connectivity index (χ0v) is 22.2. The largest absolute Gasteiger partial charge is 0.507 e. The van der Waals surface area contributed by atoms with Crippen molar-refractivity contribution in [1.82, 2.24) is 4.57 Å². The zero-order chi connectivity index (χ0) is 26.8. The van der Waals surface area contributed by atoms with E-state index in [1.807, 2.05) is 54.6 Å². The highest BCUT2D eigenvalue weighted by Gasteiger charge is 2.35. The van der Waals surface area contributed by atoms with Crippen molar-refractivity contribution in [2.45, 2.75) is 32.7 Å². The van der Waals surface area contributed by atoms with Gasteiger partial charge < -0.3 is 9.84 Å². The molecule has 0 radical (unpaired) electrons. The lowest BCUT2D eigenvalue weighted by Gasteiger charge is -2.26. The number of phenolic OH excluding ortho intramolecular Hbond substituents is 1. The lowest BCUT2D eigenvalue weighted by molar-refractivity contribution is -0.138. The van der Waals surface area contributed by atoms with Crippen LogP contribution in [0.4, 0.5) is 0 Å². The number of benzene rings is 3. The van der Waals surface area contributed by atoms with Crippen molar-refractivity contribution >= 4 is 29.1 Å². The first-order valence-corrected chi connectivity index (χ1v) is 13.4. The van der Waals surface area contributed by atoms with Crippen LogP contribution >= 0.6 is 11.3 Å². The van der Waals surface area contributed by atoms with E-state index >= 15 is 0 Å². The Balaban J connectivity index is 1.83. The first kappa shape index (κ1) is 25.4. The molecule has 1 atom stereocenters. The number of hydrogen-bond donors (Lipinski definition) is 1. The second kappa shape index (κ2) is 10.6. The Morgan fingerprint density at radius 2 is 1.74 bits per heavy atom. The first-order valence-electron chi connectivity index (χ1n) is 12.6. The van der Waals surface area contributed by atoms with E-state index in [-0.39, 0.29) is 17.9 Å². The van der Waals surface area contributed by atoms with Gasteiger partial charge in [-0.2, -0.15) is 0 Å². The maximum absolute atomic E-state index is 13.9. The summed E-state index contributed by atoms with van der Waals surface area (Å²) in [5, 5.41) is 10.3. The van der Waals surface area contributed by atoms with Crippen LogP contribution in [-0.2, 0) is 9.53 Å². The molecule has 2 heterocycles. The molecule has 6 nitrogen and oxygen atoms in total. The standard InChI is InChI=1S/C31H28N2O4S/c1-4-37-30(36)26-27(21-10-6-5-7-11-21)32-31-33(28(26)22-16-14-20(15-17-22)19(2)3)29(35)25(38-31)18-23-12-8-9-13-24(23)34/h5-19,28,34H,4H2,1-3H3/b25-18+/t28-/m1/s1. The molecule has 1 aliphatic rings. The summed E-state index contributed by atoms with van der Waals surface area (Å²) in [7, 11) is 0. The summed E-state index contributed by atoms with van der Waals surface area (Å²) in [6.45, 7) is 6.19. The van der Waals surface area contributed by atoms with Gasteiger partial charge in [-0.05, 0) is 36.1 Å². The molecule has 0 spiro atoms. The van der Waals surface area contributed by atoms with Gasteiger partial charge in [0, 0.05) is 11.1 Å². The molecule has 0 aliphatic carbocycles. The Labute approximate surface area is 224 Å². The molecule has 0 saturated carbocycles. The van der Waals surface area contributed by atoms with Gasteiger partial charge in [0.25, 0.3) is 5.56 Å². The Hall–Kier alpha value is -4.23. The van der Waals surface area contributed by atoms with Crippen molar-refractivity contribution in [2.24, 2.45) is 4.99 Å². The molecule has 1 N–H and O–H groups in total. The third-order valence-electron chi connectivity index (χ3n) is 6.52. The second-order valence-electron chi connectivity index (χ2n) is 9.31. The van der Waals surface area contributed by atoms with Gasteiger partial charge in [0.2, 0.25) is 0 Å². The van der Waals surface area contributed by atoms with Crippen LogP contribution in [0.5, 0.6) is 5.75 Å². The number of ether oxygens (including phenoxy) is 1. The molecule has 0 amide bonds. The maximum Gasteiger partial charge on any atom is 0.338 e. The molecule has 0 bridgehead atoms. The summed E-state index contributed by atoms with van der Waals surface area (Å²) in [5.74, 6) is -0.0936. The van der Waals surface area contributed by atoms with Crippen LogP contribution in [0.2, 0.25) is 0 Å². The fourth-order valence-electron chi connectivity index (χ4n) is 4.57. The van der Waals surface area contributed by atoms with E-state index in [9.17, 15) is 14.7 Å². The van der Waals surface area contributed by atoms with Gasteiger partial charge in [-0.1, -0.05) is 98.0 Å². The molecule has 3 aromatic carbocycles. The van der Waals surface area contributed by atoms with Crippen LogP contribution in [0.1, 0.15) is 55.0 Å².